The van der Waals surface area contributed by atoms with Crippen LogP contribution in [0.25, 0.3) is 0 Å². The summed E-state index contributed by atoms with van der Waals surface area (Å²) in [5.74, 6) is 0.682. The average molecular weight is 336 g/mol. The van der Waals surface area contributed by atoms with Gasteiger partial charge < -0.3 is 15.1 Å². The molecule has 0 amide bonds. The Bertz CT molecular complexity index is 471. The van der Waals surface area contributed by atoms with Gasteiger partial charge in [0.25, 0.3) is 0 Å². The molecule has 1 aromatic carbocycles. The SMILES string of the molecule is CN=C(NCCCCCCCN(C)C)N(C)Cc1ccc(F)cc1. The van der Waals surface area contributed by atoms with E-state index in [2.05, 4.69) is 34.2 Å². The van der Waals surface area contributed by atoms with Crippen LogP contribution in [0.15, 0.2) is 29.3 Å². The minimum absolute atomic E-state index is 0.200. The molecule has 0 atom stereocenters. The van der Waals surface area contributed by atoms with Gasteiger partial charge in [-0.15, -0.1) is 0 Å². The van der Waals surface area contributed by atoms with Gasteiger partial charge in [0.15, 0.2) is 5.96 Å². The van der Waals surface area contributed by atoms with Crippen LogP contribution in [0.2, 0.25) is 0 Å². The lowest BCUT2D eigenvalue weighted by Gasteiger charge is -2.22. The fourth-order valence-electron chi connectivity index (χ4n) is 2.61. The number of hydrogen-bond acceptors (Lipinski definition) is 2. The Kier molecular flexibility index (Phi) is 10.1. The molecule has 0 aromatic heterocycles. The van der Waals surface area contributed by atoms with Gasteiger partial charge in [0.2, 0.25) is 0 Å². The third-order valence-electron chi connectivity index (χ3n) is 3.97. The molecule has 0 unspecified atom stereocenters. The predicted octanol–water partition coefficient (Wildman–Crippen LogP) is 3.35. The predicted molar refractivity (Wildman–Crippen MR) is 101 cm³/mol. The Balaban J connectivity index is 2.18. The highest BCUT2D eigenvalue weighted by Crippen LogP contribution is 2.06. The molecule has 0 heterocycles. The summed E-state index contributed by atoms with van der Waals surface area (Å²) in [6.45, 7) is 2.83. The summed E-state index contributed by atoms with van der Waals surface area (Å²) in [6, 6.07) is 6.62. The second kappa shape index (κ2) is 11.8. The molecule has 0 aliphatic heterocycles. The van der Waals surface area contributed by atoms with Gasteiger partial charge in [0.1, 0.15) is 5.82 Å². The lowest BCUT2D eigenvalue weighted by Crippen LogP contribution is -2.38. The highest BCUT2D eigenvalue weighted by molar-refractivity contribution is 5.79. The summed E-state index contributed by atoms with van der Waals surface area (Å²) in [5, 5.41) is 3.40. The van der Waals surface area contributed by atoms with Crippen LogP contribution in [-0.2, 0) is 6.54 Å². The highest BCUT2D eigenvalue weighted by atomic mass is 19.1. The lowest BCUT2D eigenvalue weighted by molar-refractivity contribution is 0.389. The molecule has 1 N–H and O–H groups in total. The molecule has 0 radical (unpaired) electrons. The number of unbranched alkanes of at least 4 members (excludes halogenated alkanes) is 4. The minimum atomic E-state index is -0.200. The minimum Gasteiger partial charge on any atom is -0.356 e. The molecule has 0 saturated carbocycles. The summed E-state index contributed by atoms with van der Waals surface area (Å²) in [7, 11) is 8.04. The van der Waals surface area contributed by atoms with Crippen LogP contribution in [0.4, 0.5) is 4.39 Å². The second-order valence-corrected chi connectivity index (χ2v) is 6.53. The third kappa shape index (κ3) is 8.87. The van der Waals surface area contributed by atoms with E-state index in [1.807, 2.05) is 19.2 Å². The van der Waals surface area contributed by atoms with Crippen LogP contribution >= 0.6 is 0 Å². The fraction of sp³-hybridized carbons (Fsp3) is 0.632. The second-order valence-electron chi connectivity index (χ2n) is 6.53. The summed E-state index contributed by atoms with van der Waals surface area (Å²) in [5.41, 5.74) is 1.07. The Hall–Kier alpha value is -1.62. The van der Waals surface area contributed by atoms with Crippen molar-refractivity contribution in [3.05, 3.63) is 35.6 Å². The first-order valence-corrected chi connectivity index (χ1v) is 8.84. The van der Waals surface area contributed by atoms with Crippen LogP contribution in [0.1, 0.15) is 37.7 Å². The van der Waals surface area contributed by atoms with E-state index in [4.69, 9.17) is 0 Å². The van der Waals surface area contributed by atoms with E-state index in [0.717, 1.165) is 24.5 Å². The van der Waals surface area contributed by atoms with Crippen molar-refractivity contribution in [2.45, 2.75) is 38.6 Å². The number of rotatable bonds is 10. The zero-order valence-corrected chi connectivity index (χ0v) is 15.7. The van der Waals surface area contributed by atoms with Gasteiger partial charge in [0, 0.05) is 27.2 Å². The number of hydrogen-bond donors (Lipinski definition) is 1. The molecule has 1 aromatic rings. The Morgan fingerprint density at radius 3 is 2.25 bits per heavy atom. The molecule has 1 rings (SSSR count). The topological polar surface area (TPSA) is 30.9 Å². The lowest BCUT2D eigenvalue weighted by atomic mass is 10.1. The van der Waals surface area contributed by atoms with Gasteiger partial charge in [0.05, 0.1) is 0 Å². The van der Waals surface area contributed by atoms with Crippen LogP contribution in [0.5, 0.6) is 0 Å². The van der Waals surface area contributed by atoms with E-state index in [-0.39, 0.29) is 5.82 Å². The Morgan fingerprint density at radius 1 is 1.00 bits per heavy atom. The maximum absolute atomic E-state index is 13.0. The number of nitrogens with one attached hydrogen (secondary N) is 1. The number of aliphatic imine (C=N–C) groups is 1. The van der Waals surface area contributed by atoms with Crippen molar-refractivity contribution in [1.29, 1.82) is 0 Å². The van der Waals surface area contributed by atoms with Crippen molar-refractivity contribution in [2.75, 3.05) is 41.3 Å². The van der Waals surface area contributed by atoms with E-state index < -0.39 is 0 Å². The van der Waals surface area contributed by atoms with Gasteiger partial charge in [-0.1, -0.05) is 31.4 Å². The first-order valence-electron chi connectivity index (χ1n) is 8.84. The van der Waals surface area contributed by atoms with Crippen molar-refractivity contribution in [1.82, 2.24) is 15.1 Å². The molecule has 0 fully saturated rings. The zero-order chi connectivity index (χ0) is 17.8. The molecule has 0 aliphatic rings. The quantitative estimate of drug-likeness (QED) is 0.404. The molecule has 136 valence electrons. The molecule has 0 saturated heterocycles. The molecular formula is C19H33FN4. The van der Waals surface area contributed by atoms with Crippen LogP contribution in [0.3, 0.4) is 0 Å². The first-order chi connectivity index (χ1) is 11.5. The van der Waals surface area contributed by atoms with Crippen molar-refractivity contribution in [3.63, 3.8) is 0 Å². The standard InChI is InChI=1S/C19H33FN4/c1-21-19(22-14-8-6-5-7-9-15-23(2)3)24(4)16-17-10-12-18(20)13-11-17/h10-13H,5-9,14-16H2,1-4H3,(H,21,22). The van der Waals surface area contributed by atoms with Crippen molar-refractivity contribution in [3.8, 4) is 0 Å². The van der Waals surface area contributed by atoms with Crippen molar-refractivity contribution in [2.24, 2.45) is 4.99 Å². The summed E-state index contributed by atoms with van der Waals surface area (Å²) >= 11 is 0. The summed E-state index contributed by atoms with van der Waals surface area (Å²) in [4.78, 5) is 8.62. The van der Waals surface area contributed by atoms with E-state index in [0.29, 0.717) is 6.54 Å². The monoisotopic (exact) mass is 336 g/mol. The molecule has 0 bridgehead atoms. The van der Waals surface area contributed by atoms with Crippen LogP contribution in [-0.4, -0.2) is 57.0 Å². The number of halogens is 1. The molecule has 0 spiro atoms. The largest absolute Gasteiger partial charge is 0.356 e. The summed E-state index contributed by atoms with van der Waals surface area (Å²) in [6.07, 6.45) is 6.28. The van der Waals surface area contributed by atoms with E-state index >= 15 is 0 Å². The zero-order valence-electron chi connectivity index (χ0n) is 15.7. The van der Waals surface area contributed by atoms with Crippen molar-refractivity contribution >= 4 is 5.96 Å². The van der Waals surface area contributed by atoms with E-state index in [9.17, 15) is 4.39 Å². The van der Waals surface area contributed by atoms with Crippen LogP contribution < -0.4 is 5.32 Å². The maximum atomic E-state index is 13.0. The number of nitrogens with zero attached hydrogens (tertiary/aromatic N) is 3. The van der Waals surface area contributed by atoms with Gasteiger partial charge in [-0.3, -0.25) is 4.99 Å². The number of guanidine groups is 1. The van der Waals surface area contributed by atoms with Gasteiger partial charge in [-0.2, -0.15) is 0 Å². The Labute approximate surface area is 146 Å². The molecule has 24 heavy (non-hydrogen) atoms. The van der Waals surface area contributed by atoms with Crippen LogP contribution in [0, 0.1) is 5.82 Å². The first kappa shape index (κ1) is 20.4. The Morgan fingerprint density at radius 2 is 1.62 bits per heavy atom. The van der Waals surface area contributed by atoms with E-state index in [1.165, 1.54) is 44.4 Å². The van der Waals surface area contributed by atoms with E-state index in [1.54, 1.807) is 7.05 Å². The van der Waals surface area contributed by atoms with Gasteiger partial charge in [-0.05, 0) is 51.2 Å². The van der Waals surface area contributed by atoms with Gasteiger partial charge >= 0.3 is 0 Å². The number of benzene rings is 1. The molecule has 4 nitrogen and oxygen atoms in total. The third-order valence-corrected chi connectivity index (χ3v) is 3.97. The van der Waals surface area contributed by atoms with Crippen molar-refractivity contribution < 1.29 is 4.39 Å². The normalized spacial score (nSPS) is 11.8. The molecule has 5 heteroatoms. The highest BCUT2D eigenvalue weighted by Gasteiger charge is 2.06. The smallest absolute Gasteiger partial charge is 0.193 e. The molecule has 0 aliphatic carbocycles. The van der Waals surface area contributed by atoms with Gasteiger partial charge in [-0.25, -0.2) is 4.39 Å². The average Bonchev–Trinajstić information content (AvgIpc) is 2.55. The molecular weight excluding hydrogens is 303 g/mol. The maximum Gasteiger partial charge on any atom is 0.193 e. The summed E-state index contributed by atoms with van der Waals surface area (Å²) < 4.78 is 13.0. The fourth-order valence-corrected chi connectivity index (χ4v) is 2.61.